The van der Waals surface area contributed by atoms with Gasteiger partial charge in [0.05, 0.1) is 10.3 Å². The van der Waals surface area contributed by atoms with Gasteiger partial charge in [0.2, 0.25) is 5.91 Å². The molecule has 2 N–H and O–H groups in total. The van der Waals surface area contributed by atoms with E-state index in [2.05, 4.69) is 16.7 Å². The van der Waals surface area contributed by atoms with Crippen LogP contribution in [0.2, 0.25) is 10.0 Å². The molecule has 0 aromatic heterocycles. The number of amides is 1. The van der Waals surface area contributed by atoms with Crippen molar-refractivity contribution in [1.82, 2.24) is 10.6 Å². The van der Waals surface area contributed by atoms with Gasteiger partial charge in [-0.2, -0.15) is 0 Å². The van der Waals surface area contributed by atoms with Gasteiger partial charge in [-0.05, 0) is 38.1 Å². The third kappa shape index (κ3) is 5.22. The Morgan fingerprint density at radius 1 is 1.48 bits per heavy atom. The van der Waals surface area contributed by atoms with E-state index in [1.807, 2.05) is 6.92 Å². The average molecular weight is 345 g/mol. The van der Waals surface area contributed by atoms with Gasteiger partial charge in [-0.1, -0.05) is 34.9 Å². The van der Waals surface area contributed by atoms with Crippen LogP contribution in [0.3, 0.4) is 0 Å². The maximum Gasteiger partial charge on any atom is 0.233 e. The molecule has 1 aliphatic heterocycles. The zero-order valence-electron chi connectivity index (χ0n) is 11.8. The summed E-state index contributed by atoms with van der Waals surface area (Å²) in [7, 11) is 0. The monoisotopic (exact) mass is 344 g/mol. The lowest BCUT2D eigenvalue weighted by Gasteiger charge is -2.17. The Labute approximate surface area is 139 Å². The van der Waals surface area contributed by atoms with E-state index in [0.29, 0.717) is 16.6 Å². The molecule has 1 aromatic carbocycles. The highest BCUT2D eigenvalue weighted by atomic mass is 35.5. The average Bonchev–Trinajstić information content (AvgIpc) is 2.49. The molecule has 1 unspecified atom stereocenters. The third-order valence-corrected chi connectivity index (χ3v) is 5.05. The van der Waals surface area contributed by atoms with E-state index in [1.165, 1.54) is 17.3 Å². The summed E-state index contributed by atoms with van der Waals surface area (Å²) >= 11 is 13.5. The zero-order chi connectivity index (χ0) is 15.2. The fourth-order valence-corrected chi connectivity index (χ4v) is 3.42. The number of carbonyl (C=O) groups excluding carboxylic acids is 1. The van der Waals surface area contributed by atoms with Crippen molar-refractivity contribution >= 4 is 40.9 Å². The fourth-order valence-electron chi connectivity index (χ4n) is 1.99. The maximum absolute atomic E-state index is 12.1. The van der Waals surface area contributed by atoms with Crippen LogP contribution in [0.5, 0.6) is 0 Å². The van der Waals surface area contributed by atoms with Gasteiger partial charge in [-0.3, -0.25) is 4.79 Å². The van der Waals surface area contributed by atoms with Crippen molar-refractivity contribution in [3.05, 3.63) is 39.9 Å². The van der Waals surface area contributed by atoms with Gasteiger partial charge in [0, 0.05) is 23.0 Å². The van der Waals surface area contributed by atoms with E-state index < -0.39 is 0 Å². The predicted molar refractivity (Wildman–Crippen MR) is 90.4 cm³/mol. The van der Waals surface area contributed by atoms with E-state index in [9.17, 15) is 4.79 Å². The summed E-state index contributed by atoms with van der Waals surface area (Å²) < 4.78 is 0. The van der Waals surface area contributed by atoms with E-state index in [1.54, 1.807) is 18.2 Å². The summed E-state index contributed by atoms with van der Waals surface area (Å²) in [6, 6.07) is 5.27. The molecule has 114 valence electrons. The Morgan fingerprint density at radius 3 is 3.00 bits per heavy atom. The molecule has 2 rings (SSSR count). The molecule has 3 nitrogen and oxygen atoms in total. The molecule has 1 heterocycles. The first kappa shape index (κ1) is 16.7. The van der Waals surface area contributed by atoms with Crippen molar-refractivity contribution < 1.29 is 4.79 Å². The van der Waals surface area contributed by atoms with E-state index in [4.69, 9.17) is 23.2 Å². The van der Waals surface area contributed by atoms with Crippen molar-refractivity contribution in [2.45, 2.75) is 23.5 Å². The highest BCUT2D eigenvalue weighted by molar-refractivity contribution is 8.00. The summed E-state index contributed by atoms with van der Waals surface area (Å²) in [6.45, 7) is 4.35. The van der Waals surface area contributed by atoms with E-state index in [0.717, 1.165) is 24.4 Å². The molecule has 0 aliphatic carbocycles. The van der Waals surface area contributed by atoms with Crippen molar-refractivity contribution in [1.29, 1.82) is 0 Å². The van der Waals surface area contributed by atoms with Gasteiger partial charge in [0.15, 0.2) is 0 Å². The van der Waals surface area contributed by atoms with Gasteiger partial charge in [0.1, 0.15) is 0 Å². The molecule has 1 aliphatic rings. The topological polar surface area (TPSA) is 41.1 Å². The first-order chi connectivity index (χ1) is 10.1. The van der Waals surface area contributed by atoms with Crippen LogP contribution in [0.15, 0.2) is 34.7 Å². The number of nitrogens with one attached hydrogen (secondary N) is 2. The molecule has 21 heavy (non-hydrogen) atoms. The second-order valence-electron chi connectivity index (χ2n) is 4.87. The molecular formula is C15H18Cl2N2OS. The van der Waals surface area contributed by atoms with Gasteiger partial charge in [-0.15, -0.1) is 11.8 Å². The Bertz CT molecular complexity index is 548. The molecule has 0 saturated heterocycles. The lowest BCUT2D eigenvalue weighted by molar-refractivity contribution is -0.120. The van der Waals surface area contributed by atoms with Gasteiger partial charge >= 0.3 is 0 Å². The lowest BCUT2D eigenvalue weighted by atomic mass is 10.1. The minimum atomic E-state index is -0.219. The van der Waals surface area contributed by atoms with Crippen LogP contribution in [-0.4, -0.2) is 30.8 Å². The lowest BCUT2D eigenvalue weighted by Crippen LogP contribution is -2.34. The molecule has 0 fully saturated rings. The number of rotatable bonds is 5. The Kier molecular flexibility index (Phi) is 6.42. The summed E-state index contributed by atoms with van der Waals surface area (Å²) in [4.78, 5) is 13.0. The second-order valence-corrected chi connectivity index (χ2v) is 7.10. The molecule has 1 amide bonds. The number of benzene rings is 1. The van der Waals surface area contributed by atoms with Crippen molar-refractivity contribution in [2.24, 2.45) is 0 Å². The Balaban J connectivity index is 1.87. The van der Waals surface area contributed by atoms with Crippen molar-refractivity contribution in [3.63, 3.8) is 0 Å². The molecule has 1 atom stereocenters. The van der Waals surface area contributed by atoms with E-state index >= 15 is 0 Å². The first-order valence-corrected chi connectivity index (χ1v) is 8.48. The molecular weight excluding hydrogens is 327 g/mol. The largest absolute Gasteiger partial charge is 0.351 e. The van der Waals surface area contributed by atoms with Gasteiger partial charge < -0.3 is 10.6 Å². The van der Waals surface area contributed by atoms with Crippen LogP contribution in [0, 0.1) is 0 Å². The minimum Gasteiger partial charge on any atom is -0.351 e. The summed E-state index contributed by atoms with van der Waals surface area (Å²) in [6.07, 6.45) is 3.12. The first-order valence-electron chi connectivity index (χ1n) is 6.84. The highest BCUT2D eigenvalue weighted by Gasteiger charge is 2.16. The molecule has 0 radical (unpaired) electrons. The predicted octanol–water partition coefficient (Wildman–Crippen LogP) is 3.51. The van der Waals surface area contributed by atoms with Crippen LogP contribution >= 0.6 is 35.0 Å². The van der Waals surface area contributed by atoms with Gasteiger partial charge in [0.25, 0.3) is 0 Å². The number of carbonyl (C=O) groups is 1. The van der Waals surface area contributed by atoms with Crippen LogP contribution in [-0.2, 0) is 4.79 Å². The minimum absolute atomic E-state index is 0.00970. The highest BCUT2D eigenvalue weighted by Crippen LogP contribution is 2.32. The number of hydrogen-bond acceptors (Lipinski definition) is 3. The summed E-state index contributed by atoms with van der Waals surface area (Å²) in [5.74, 6) is 0.00970. The van der Waals surface area contributed by atoms with E-state index in [-0.39, 0.29) is 11.2 Å². The SMILES string of the molecule is CC(Sc1cc(Cl)ccc1Cl)C(=O)NCC1=CCNCC1. The van der Waals surface area contributed by atoms with Crippen LogP contribution in [0.4, 0.5) is 0 Å². The molecule has 0 saturated carbocycles. The smallest absolute Gasteiger partial charge is 0.233 e. The molecule has 0 spiro atoms. The van der Waals surface area contributed by atoms with Crippen LogP contribution in [0.1, 0.15) is 13.3 Å². The number of thioether (sulfide) groups is 1. The normalized spacial score (nSPS) is 16.2. The summed E-state index contributed by atoms with van der Waals surface area (Å²) in [5.41, 5.74) is 1.28. The fraction of sp³-hybridized carbons (Fsp3) is 0.400. The Morgan fingerprint density at radius 2 is 2.29 bits per heavy atom. The number of halogens is 2. The van der Waals surface area contributed by atoms with Crippen molar-refractivity contribution in [3.8, 4) is 0 Å². The standard InChI is InChI=1S/C15H18Cl2N2OS/c1-10(21-14-8-12(16)2-3-13(14)17)15(20)19-9-11-4-6-18-7-5-11/h2-4,8,10,18H,5-7,9H2,1H3,(H,19,20). The molecule has 1 aromatic rings. The quantitative estimate of drug-likeness (QED) is 0.634. The molecule has 6 heteroatoms. The van der Waals surface area contributed by atoms with Gasteiger partial charge in [-0.25, -0.2) is 0 Å². The van der Waals surface area contributed by atoms with Crippen molar-refractivity contribution in [2.75, 3.05) is 19.6 Å². The zero-order valence-corrected chi connectivity index (χ0v) is 14.1. The second kappa shape index (κ2) is 8.08. The maximum atomic E-state index is 12.1. The van der Waals surface area contributed by atoms with Crippen LogP contribution < -0.4 is 10.6 Å². The Hall–Kier alpha value is -0.680. The summed E-state index contributed by atoms with van der Waals surface area (Å²) in [5, 5.41) is 7.24. The molecule has 0 bridgehead atoms. The number of hydrogen-bond donors (Lipinski definition) is 2. The van der Waals surface area contributed by atoms with Crippen LogP contribution in [0.25, 0.3) is 0 Å². The third-order valence-electron chi connectivity index (χ3n) is 3.21.